The molecule has 1 atom stereocenters. The summed E-state index contributed by atoms with van der Waals surface area (Å²) in [7, 11) is 1.82. The molecule has 6 aliphatic rings. The summed E-state index contributed by atoms with van der Waals surface area (Å²) in [5.41, 5.74) is 12.0. The molecule has 5 aliphatic heterocycles. The lowest BCUT2D eigenvalue weighted by Gasteiger charge is -2.42. The number of halogens is 1. The number of aromatic nitrogens is 2. The van der Waals surface area contributed by atoms with Crippen LogP contribution in [0.2, 0.25) is 0 Å². The number of amides is 5. The predicted octanol–water partition coefficient (Wildman–Crippen LogP) is 2.24. The van der Waals surface area contributed by atoms with E-state index >= 15 is 4.39 Å². The van der Waals surface area contributed by atoms with Crippen molar-refractivity contribution < 1.29 is 33.1 Å². The summed E-state index contributed by atoms with van der Waals surface area (Å²) in [6, 6.07) is 7.41. The largest absolute Gasteiger partial charge is 0.490 e. The van der Waals surface area contributed by atoms with Gasteiger partial charge < -0.3 is 20.3 Å². The number of hydrogen-bond donors (Lipinski definition) is 3. The maximum absolute atomic E-state index is 15.5. The summed E-state index contributed by atoms with van der Waals surface area (Å²) in [6.45, 7) is 4.90. The molecule has 1 aromatic heterocycles. The summed E-state index contributed by atoms with van der Waals surface area (Å²) in [5, 5.41) is 18.9. The van der Waals surface area contributed by atoms with E-state index in [-0.39, 0.29) is 41.8 Å². The number of nitrogens with one attached hydrogen (secondary N) is 2. The van der Waals surface area contributed by atoms with Gasteiger partial charge in [0.15, 0.2) is 0 Å². The summed E-state index contributed by atoms with van der Waals surface area (Å²) in [4.78, 5) is 70.7. The van der Waals surface area contributed by atoms with E-state index in [1.54, 1.807) is 16.9 Å². The van der Waals surface area contributed by atoms with Gasteiger partial charge in [-0.25, -0.2) is 4.39 Å². The highest BCUT2D eigenvalue weighted by atomic mass is 19.1. The number of hydrogen-bond acceptors (Lipinski definition) is 13. The predicted molar refractivity (Wildman–Crippen MR) is 218 cm³/mol. The highest BCUT2D eigenvalue weighted by Crippen LogP contribution is 2.35. The van der Waals surface area contributed by atoms with Crippen molar-refractivity contribution in [3.8, 4) is 11.8 Å². The highest BCUT2D eigenvalue weighted by molar-refractivity contribution is 6.23. The second-order valence-corrected chi connectivity index (χ2v) is 16.8. The van der Waals surface area contributed by atoms with Crippen LogP contribution in [0.1, 0.15) is 77.6 Å². The number of piperidine rings is 2. The Morgan fingerprint density at radius 2 is 1.67 bits per heavy atom. The summed E-state index contributed by atoms with van der Waals surface area (Å²) >= 11 is 0. The minimum atomic E-state index is -1.11. The van der Waals surface area contributed by atoms with Crippen molar-refractivity contribution in [2.75, 3.05) is 50.7 Å². The number of rotatable bonds is 9. The molecule has 1 unspecified atom stereocenters. The van der Waals surface area contributed by atoms with E-state index in [0.29, 0.717) is 43.4 Å². The van der Waals surface area contributed by atoms with Crippen LogP contribution < -0.4 is 26.1 Å². The standard InChI is InChI=1S/C43H48FN11O6/c1-50-39-26(22-45)2-8-36(31(39)23-47-50)61-28-5-3-27(4-6-28)54-15-12-33(38(49-54)40(46)57)52-13-10-25(11-14-52)24-51-16-18-53(19-17-51)35-21-30-29(20-32(35)44)42(59)55(43(30)60)34-7-9-37(56)48-41(34)58/h2,8,12,15,20-21,23,25,27-28,34,49H,3-7,9-11,13-14,16-19,24H2,1H3,(H2,46,57)(H,48,56,58). The molecule has 61 heavy (non-hydrogen) atoms. The number of anilines is 1. The SMILES string of the molecule is Cn1ncc2c(OC3CCC(N4C=CC(N5CCC(CN6CCN(c7cc8c(cc7F)C(=O)N(C7CCC(=O)NC7=O)C8=O)CC6)CC5)=C(C(N)=O)N4)CC3)ccc(C#N)c21. The second kappa shape index (κ2) is 16.2. The number of imide groups is 2. The zero-order valence-corrected chi connectivity index (χ0v) is 33.9. The van der Waals surface area contributed by atoms with Crippen LogP contribution in [0.15, 0.2) is 54.1 Å². The van der Waals surface area contributed by atoms with Crippen LogP contribution in [0.25, 0.3) is 10.9 Å². The van der Waals surface area contributed by atoms with Crippen LogP contribution in [0.4, 0.5) is 10.1 Å². The molecule has 3 saturated heterocycles. The third-order valence-corrected chi connectivity index (χ3v) is 13.1. The van der Waals surface area contributed by atoms with Gasteiger partial charge in [0.2, 0.25) is 11.8 Å². The molecule has 17 nitrogen and oxygen atoms in total. The molecule has 0 spiro atoms. The first kappa shape index (κ1) is 40.0. The third-order valence-electron chi connectivity index (χ3n) is 13.1. The van der Waals surface area contributed by atoms with Gasteiger partial charge in [0.1, 0.15) is 29.4 Å². The van der Waals surface area contributed by atoms with Gasteiger partial charge in [-0.1, -0.05) is 0 Å². The fourth-order valence-corrected chi connectivity index (χ4v) is 9.81. The number of nitrogens with two attached hydrogens (primary N) is 1. The van der Waals surface area contributed by atoms with Crippen molar-refractivity contribution in [2.45, 2.75) is 69.6 Å². The van der Waals surface area contributed by atoms with Crippen LogP contribution in [0, 0.1) is 23.1 Å². The number of piperazine rings is 1. The fraction of sp³-hybridized carbons (Fsp3) is 0.465. The van der Waals surface area contributed by atoms with E-state index in [9.17, 15) is 29.2 Å². The fourth-order valence-electron chi connectivity index (χ4n) is 9.81. The Bertz CT molecular complexity index is 2420. The normalized spacial score (nSPS) is 24.0. The Balaban J connectivity index is 0.749. The van der Waals surface area contributed by atoms with Crippen molar-refractivity contribution in [2.24, 2.45) is 18.7 Å². The van der Waals surface area contributed by atoms with Gasteiger partial charge >= 0.3 is 0 Å². The molecule has 0 radical (unpaired) electrons. The van der Waals surface area contributed by atoms with Gasteiger partial charge in [-0.2, -0.15) is 10.4 Å². The van der Waals surface area contributed by atoms with E-state index in [1.807, 2.05) is 35.3 Å². The number of fused-ring (bicyclic) bond motifs is 2. The van der Waals surface area contributed by atoms with Gasteiger partial charge in [0.25, 0.3) is 17.7 Å². The van der Waals surface area contributed by atoms with Gasteiger partial charge in [0, 0.05) is 71.5 Å². The second-order valence-electron chi connectivity index (χ2n) is 16.8. The Labute approximate surface area is 351 Å². The highest BCUT2D eigenvalue weighted by Gasteiger charge is 2.45. The topological polar surface area (TPSA) is 202 Å². The summed E-state index contributed by atoms with van der Waals surface area (Å²) in [6.07, 6.45) is 11.0. The van der Waals surface area contributed by atoms with Crippen molar-refractivity contribution in [3.05, 3.63) is 76.6 Å². The van der Waals surface area contributed by atoms with E-state index in [0.717, 1.165) is 91.5 Å². The van der Waals surface area contributed by atoms with Gasteiger partial charge in [-0.05, 0) is 81.2 Å². The van der Waals surface area contributed by atoms with Crippen molar-refractivity contribution in [1.29, 1.82) is 5.26 Å². The first-order valence-electron chi connectivity index (χ1n) is 21.0. The van der Waals surface area contributed by atoms with E-state index in [1.165, 1.54) is 6.07 Å². The van der Waals surface area contributed by atoms with Crippen molar-refractivity contribution in [1.82, 2.24) is 40.2 Å². The van der Waals surface area contributed by atoms with Gasteiger partial charge in [-0.3, -0.25) is 54.2 Å². The summed E-state index contributed by atoms with van der Waals surface area (Å²) < 4.78 is 23.6. The Morgan fingerprint density at radius 3 is 2.36 bits per heavy atom. The number of hydrazine groups is 1. The number of primary amides is 1. The Morgan fingerprint density at radius 1 is 0.951 bits per heavy atom. The quantitative estimate of drug-likeness (QED) is 0.265. The minimum Gasteiger partial charge on any atom is -0.490 e. The number of aryl methyl sites for hydroxylation is 1. The maximum Gasteiger partial charge on any atom is 0.268 e. The number of allylic oxidation sites excluding steroid dienone is 1. The van der Waals surface area contributed by atoms with Gasteiger partial charge in [-0.15, -0.1) is 0 Å². The van der Waals surface area contributed by atoms with Crippen LogP contribution in [0.5, 0.6) is 5.75 Å². The molecular weight excluding hydrogens is 786 g/mol. The molecule has 2 aromatic carbocycles. The maximum atomic E-state index is 15.5. The molecule has 5 amide bonds. The molecule has 0 bridgehead atoms. The first-order chi connectivity index (χ1) is 29.5. The van der Waals surface area contributed by atoms with E-state index < -0.39 is 41.4 Å². The first-order valence-corrected chi connectivity index (χ1v) is 21.0. The average molecular weight is 834 g/mol. The van der Waals surface area contributed by atoms with Crippen molar-refractivity contribution >= 4 is 46.1 Å². The molecule has 9 rings (SSSR count). The molecule has 4 fully saturated rings. The zero-order valence-electron chi connectivity index (χ0n) is 33.9. The number of nitrogens with zero attached hydrogens (tertiary/aromatic N) is 8. The van der Waals surface area contributed by atoms with Crippen LogP contribution in [-0.4, -0.2) is 123 Å². The number of ether oxygens (including phenoxy) is 1. The van der Waals surface area contributed by atoms with Crippen LogP contribution in [-0.2, 0) is 21.4 Å². The minimum absolute atomic E-state index is 0.00945. The average Bonchev–Trinajstić information content (AvgIpc) is 3.77. The number of benzene rings is 2. The lowest BCUT2D eigenvalue weighted by molar-refractivity contribution is -0.136. The Hall–Kier alpha value is -6.48. The molecule has 6 heterocycles. The third kappa shape index (κ3) is 7.51. The van der Waals surface area contributed by atoms with E-state index in [2.05, 4.69) is 31.7 Å². The molecular formula is C43H48FN11O6. The number of nitriles is 1. The molecule has 318 valence electrons. The smallest absolute Gasteiger partial charge is 0.268 e. The zero-order chi connectivity index (χ0) is 42.5. The van der Waals surface area contributed by atoms with Crippen LogP contribution >= 0.6 is 0 Å². The molecule has 18 heteroatoms. The number of carbonyl (C=O) groups is 5. The van der Waals surface area contributed by atoms with Gasteiger partial charge in [0.05, 0.1) is 51.3 Å². The van der Waals surface area contributed by atoms with Crippen molar-refractivity contribution in [3.63, 3.8) is 0 Å². The number of likely N-dealkylation sites (tertiary alicyclic amines) is 1. The molecule has 3 aromatic rings. The lowest BCUT2D eigenvalue weighted by Crippen LogP contribution is -2.54. The molecule has 4 N–H and O–H groups in total. The molecule has 1 saturated carbocycles. The van der Waals surface area contributed by atoms with E-state index in [4.69, 9.17) is 10.5 Å². The van der Waals surface area contributed by atoms with Crippen LogP contribution in [0.3, 0.4) is 0 Å². The lowest BCUT2D eigenvalue weighted by atomic mass is 9.92. The molecule has 1 aliphatic carbocycles. The number of carbonyl (C=O) groups excluding carboxylic acids is 5. The summed E-state index contributed by atoms with van der Waals surface area (Å²) in [5.74, 6) is -2.50. The Kier molecular flexibility index (Phi) is 10.6. The monoisotopic (exact) mass is 833 g/mol.